The lowest BCUT2D eigenvalue weighted by Crippen LogP contribution is -2.29. The Labute approximate surface area is 108 Å². The molecule has 0 spiro atoms. The smallest absolute Gasteiger partial charge is 0.242 e. The Morgan fingerprint density at radius 3 is 2.33 bits per heavy atom. The SMILES string of the molecule is CC(O)CCN(C)S(=O)(=O)c1ccc(CN)cc1. The van der Waals surface area contributed by atoms with E-state index >= 15 is 0 Å². The average Bonchev–Trinajstić information content (AvgIpc) is 2.35. The maximum atomic E-state index is 12.2. The molecule has 0 saturated heterocycles. The van der Waals surface area contributed by atoms with Crippen molar-refractivity contribution in [1.29, 1.82) is 0 Å². The maximum absolute atomic E-state index is 12.2. The van der Waals surface area contributed by atoms with E-state index in [9.17, 15) is 13.5 Å². The van der Waals surface area contributed by atoms with E-state index in [1.165, 1.54) is 11.4 Å². The Morgan fingerprint density at radius 1 is 1.33 bits per heavy atom. The second-order valence-corrected chi connectivity index (χ2v) is 6.36. The van der Waals surface area contributed by atoms with Crippen LogP contribution in [-0.2, 0) is 16.6 Å². The number of nitrogens with two attached hydrogens (primary N) is 1. The highest BCUT2D eigenvalue weighted by atomic mass is 32.2. The van der Waals surface area contributed by atoms with Gasteiger partial charge in [-0.25, -0.2) is 12.7 Å². The summed E-state index contributed by atoms with van der Waals surface area (Å²) in [5.74, 6) is 0. The van der Waals surface area contributed by atoms with Crippen molar-refractivity contribution in [3.05, 3.63) is 29.8 Å². The summed E-state index contributed by atoms with van der Waals surface area (Å²) in [5.41, 5.74) is 6.35. The Kier molecular flexibility index (Phi) is 5.28. The van der Waals surface area contributed by atoms with Gasteiger partial charge in [0, 0.05) is 20.1 Å². The van der Waals surface area contributed by atoms with Crippen LogP contribution in [0.2, 0.25) is 0 Å². The van der Waals surface area contributed by atoms with Gasteiger partial charge in [0.05, 0.1) is 11.0 Å². The van der Waals surface area contributed by atoms with E-state index < -0.39 is 16.1 Å². The first-order valence-electron chi connectivity index (χ1n) is 5.81. The quantitative estimate of drug-likeness (QED) is 0.791. The Hall–Kier alpha value is -0.950. The van der Waals surface area contributed by atoms with Crippen LogP contribution in [0.15, 0.2) is 29.2 Å². The molecule has 0 aliphatic rings. The van der Waals surface area contributed by atoms with Crippen LogP contribution < -0.4 is 5.73 Å². The lowest BCUT2D eigenvalue weighted by Gasteiger charge is -2.18. The second-order valence-electron chi connectivity index (χ2n) is 4.31. The highest BCUT2D eigenvalue weighted by Gasteiger charge is 2.20. The standard InChI is InChI=1S/C12H20N2O3S/c1-10(15)7-8-14(2)18(16,17)12-5-3-11(9-13)4-6-12/h3-6,10,15H,7-9,13H2,1-2H3. The van der Waals surface area contributed by atoms with E-state index in [0.29, 0.717) is 19.5 Å². The van der Waals surface area contributed by atoms with Gasteiger partial charge >= 0.3 is 0 Å². The molecule has 18 heavy (non-hydrogen) atoms. The highest BCUT2D eigenvalue weighted by molar-refractivity contribution is 7.89. The Balaban J connectivity index is 2.84. The molecule has 102 valence electrons. The van der Waals surface area contributed by atoms with Crippen LogP contribution in [0.25, 0.3) is 0 Å². The number of rotatable bonds is 6. The minimum absolute atomic E-state index is 0.243. The Bertz CT molecular complexity index is 469. The van der Waals surface area contributed by atoms with Gasteiger partial charge in [0.15, 0.2) is 0 Å². The number of hydrogen-bond acceptors (Lipinski definition) is 4. The van der Waals surface area contributed by atoms with Crippen molar-refractivity contribution in [3.8, 4) is 0 Å². The molecule has 0 saturated carbocycles. The Morgan fingerprint density at radius 2 is 1.89 bits per heavy atom. The van der Waals surface area contributed by atoms with Gasteiger partial charge in [-0.1, -0.05) is 12.1 Å². The molecule has 1 unspecified atom stereocenters. The van der Waals surface area contributed by atoms with E-state index in [2.05, 4.69) is 0 Å². The van der Waals surface area contributed by atoms with Crippen molar-refractivity contribution in [3.63, 3.8) is 0 Å². The van der Waals surface area contributed by atoms with Gasteiger partial charge in [-0.3, -0.25) is 0 Å². The third-order valence-corrected chi connectivity index (χ3v) is 4.60. The third-order valence-electron chi connectivity index (χ3n) is 2.73. The van der Waals surface area contributed by atoms with Crippen LogP contribution in [-0.4, -0.2) is 37.5 Å². The monoisotopic (exact) mass is 272 g/mol. The number of nitrogens with zero attached hydrogens (tertiary/aromatic N) is 1. The van der Waals surface area contributed by atoms with E-state index in [1.807, 2.05) is 0 Å². The molecule has 1 aromatic rings. The van der Waals surface area contributed by atoms with E-state index in [-0.39, 0.29) is 4.90 Å². The largest absolute Gasteiger partial charge is 0.393 e. The summed E-state index contributed by atoms with van der Waals surface area (Å²) >= 11 is 0. The fourth-order valence-electron chi connectivity index (χ4n) is 1.47. The summed E-state index contributed by atoms with van der Waals surface area (Å²) in [7, 11) is -1.97. The summed E-state index contributed by atoms with van der Waals surface area (Å²) in [6.07, 6.45) is -0.0985. The molecule has 0 aromatic heterocycles. The molecule has 3 N–H and O–H groups in total. The number of sulfonamides is 1. The zero-order valence-corrected chi connectivity index (χ0v) is 11.5. The van der Waals surface area contributed by atoms with Crippen molar-refractivity contribution in [2.75, 3.05) is 13.6 Å². The summed E-state index contributed by atoms with van der Waals surface area (Å²) in [6.45, 7) is 2.31. The summed E-state index contributed by atoms with van der Waals surface area (Å²) in [4.78, 5) is 0.243. The van der Waals surface area contributed by atoms with Crippen LogP contribution in [0, 0.1) is 0 Å². The van der Waals surface area contributed by atoms with Gasteiger partial charge in [-0.05, 0) is 31.0 Å². The van der Waals surface area contributed by atoms with Crippen molar-refractivity contribution in [2.45, 2.75) is 30.9 Å². The molecule has 1 rings (SSSR count). The summed E-state index contributed by atoms with van der Waals surface area (Å²) in [6, 6.07) is 6.51. The molecule has 5 nitrogen and oxygen atoms in total. The maximum Gasteiger partial charge on any atom is 0.242 e. The highest BCUT2D eigenvalue weighted by Crippen LogP contribution is 2.15. The van der Waals surface area contributed by atoms with E-state index in [1.54, 1.807) is 31.2 Å². The molecule has 0 amide bonds. The van der Waals surface area contributed by atoms with Crippen molar-refractivity contribution < 1.29 is 13.5 Å². The van der Waals surface area contributed by atoms with Crippen LogP contribution in [0.4, 0.5) is 0 Å². The lowest BCUT2D eigenvalue weighted by atomic mass is 10.2. The van der Waals surface area contributed by atoms with E-state index in [0.717, 1.165) is 5.56 Å². The minimum atomic E-state index is -3.48. The second kappa shape index (κ2) is 6.29. The number of aliphatic hydroxyl groups is 1. The number of aliphatic hydroxyl groups excluding tert-OH is 1. The van der Waals surface area contributed by atoms with Crippen molar-refractivity contribution >= 4 is 10.0 Å². The van der Waals surface area contributed by atoms with Gasteiger partial charge in [0.2, 0.25) is 10.0 Å². The van der Waals surface area contributed by atoms with Crippen LogP contribution in [0.1, 0.15) is 18.9 Å². The minimum Gasteiger partial charge on any atom is -0.393 e. The predicted molar refractivity (Wildman–Crippen MR) is 70.4 cm³/mol. The fraction of sp³-hybridized carbons (Fsp3) is 0.500. The third kappa shape index (κ3) is 3.78. The van der Waals surface area contributed by atoms with Crippen LogP contribution in [0.3, 0.4) is 0 Å². The zero-order valence-electron chi connectivity index (χ0n) is 10.7. The van der Waals surface area contributed by atoms with E-state index in [4.69, 9.17) is 5.73 Å². The van der Waals surface area contributed by atoms with Crippen LogP contribution >= 0.6 is 0 Å². The summed E-state index contributed by atoms with van der Waals surface area (Å²) < 4.78 is 25.6. The molecule has 6 heteroatoms. The van der Waals surface area contributed by atoms with Crippen LogP contribution in [0.5, 0.6) is 0 Å². The fourth-order valence-corrected chi connectivity index (χ4v) is 2.65. The van der Waals surface area contributed by atoms with Crippen molar-refractivity contribution in [1.82, 2.24) is 4.31 Å². The molecule has 1 aromatic carbocycles. The topological polar surface area (TPSA) is 83.6 Å². The summed E-state index contributed by atoms with van der Waals surface area (Å²) in [5, 5.41) is 9.17. The van der Waals surface area contributed by atoms with Gasteiger partial charge in [0.25, 0.3) is 0 Å². The average molecular weight is 272 g/mol. The predicted octanol–water partition coefficient (Wildman–Crippen LogP) is 0.537. The van der Waals surface area contributed by atoms with Crippen molar-refractivity contribution in [2.24, 2.45) is 5.73 Å². The number of benzene rings is 1. The molecule has 0 radical (unpaired) electrons. The lowest BCUT2D eigenvalue weighted by molar-refractivity contribution is 0.177. The van der Waals surface area contributed by atoms with Gasteiger partial charge in [-0.15, -0.1) is 0 Å². The van der Waals surface area contributed by atoms with Gasteiger partial charge in [0.1, 0.15) is 0 Å². The first kappa shape index (κ1) is 15.1. The molecule has 0 aliphatic heterocycles. The molecule has 0 aliphatic carbocycles. The first-order valence-corrected chi connectivity index (χ1v) is 7.25. The molecule has 0 bridgehead atoms. The molecular weight excluding hydrogens is 252 g/mol. The molecule has 0 fully saturated rings. The normalized spacial score (nSPS) is 13.8. The molecule has 0 heterocycles. The molecule has 1 atom stereocenters. The first-order chi connectivity index (χ1) is 8.37. The zero-order chi connectivity index (χ0) is 13.8. The molecular formula is C12H20N2O3S. The van der Waals surface area contributed by atoms with Gasteiger partial charge in [-0.2, -0.15) is 0 Å². The van der Waals surface area contributed by atoms with Gasteiger partial charge < -0.3 is 10.8 Å². The number of hydrogen-bond donors (Lipinski definition) is 2.